The van der Waals surface area contributed by atoms with Crippen molar-refractivity contribution in [3.8, 4) is 0 Å². The van der Waals surface area contributed by atoms with Crippen LogP contribution < -0.4 is 4.90 Å². The number of ether oxygens (including phenoxy) is 1. The first-order valence-electron chi connectivity index (χ1n) is 7.13. The van der Waals surface area contributed by atoms with Crippen LogP contribution in [0.4, 0.5) is 11.5 Å². The minimum absolute atomic E-state index is 0.338. The zero-order valence-corrected chi connectivity index (χ0v) is 12.7. The Bertz CT molecular complexity index is 591. The molecule has 0 aliphatic carbocycles. The highest BCUT2D eigenvalue weighted by Gasteiger charge is 2.11. The van der Waals surface area contributed by atoms with E-state index in [1.54, 1.807) is 19.2 Å². The van der Waals surface area contributed by atoms with Crippen molar-refractivity contribution in [1.29, 1.82) is 0 Å². The summed E-state index contributed by atoms with van der Waals surface area (Å²) in [4.78, 5) is 18.1. The molecular formula is C17H20N2O2. The van der Waals surface area contributed by atoms with Crippen molar-refractivity contribution in [1.82, 2.24) is 4.98 Å². The van der Waals surface area contributed by atoms with Crippen LogP contribution in [0, 0.1) is 6.92 Å². The molecule has 0 amide bonds. The van der Waals surface area contributed by atoms with Crippen molar-refractivity contribution in [2.75, 3.05) is 18.1 Å². The second-order valence-electron chi connectivity index (χ2n) is 4.71. The summed E-state index contributed by atoms with van der Waals surface area (Å²) in [5.74, 6) is 0.476. The van der Waals surface area contributed by atoms with E-state index in [9.17, 15) is 4.79 Å². The predicted molar refractivity (Wildman–Crippen MR) is 84.1 cm³/mol. The number of carbonyl (C=O) groups is 1. The highest BCUT2D eigenvalue weighted by Crippen LogP contribution is 2.23. The molecule has 2 rings (SSSR count). The van der Waals surface area contributed by atoms with E-state index in [0.29, 0.717) is 12.2 Å². The van der Waals surface area contributed by atoms with Crippen LogP contribution in [0.3, 0.4) is 0 Å². The van der Waals surface area contributed by atoms with Crippen LogP contribution in [0.1, 0.15) is 29.8 Å². The Hall–Kier alpha value is -2.36. The van der Waals surface area contributed by atoms with Crippen LogP contribution in [-0.4, -0.2) is 24.1 Å². The maximum atomic E-state index is 11.6. The first-order valence-corrected chi connectivity index (χ1v) is 7.13. The first-order chi connectivity index (χ1) is 10.2. The lowest BCUT2D eigenvalue weighted by molar-refractivity contribution is 0.0526. The lowest BCUT2D eigenvalue weighted by Gasteiger charge is -2.22. The van der Waals surface area contributed by atoms with Gasteiger partial charge in [-0.3, -0.25) is 0 Å². The Morgan fingerprint density at radius 2 is 1.86 bits per heavy atom. The van der Waals surface area contributed by atoms with Gasteiger partial charge >= 0.3 is 5.97 Å². The average Bonchev–Trinajstić information content (AvgIpc) is 2.51. The number of benzene rings is 1. The van der Waals surface area contributed by atoms with Gasteiger partial charge in [0.2, 0.25) is 0 Å². The van der Waals surface area contributed by atoms with Gasteiger partial charge in [-0.25, -0.2) is 9.78 Å². The molecule has 4 heteroatoms. The number of hydrogen-bond acceptors (Lipinski definition) is 4. The molecule has 4 nitrogen and oxygen atoms in total. The summed E-state index contributed by atoms with van der Waals surface area (Å²) in [6.07, 6.45) is 1.56. The molecule has 0 N–H and O–H groups in total. The van der Waals surface area contributed by atoms with E-state index in [4.69, 9.17) is 4.74 Å². The largest absolute Gasteiger partial charge is 0.462 e. The Morgan fingerprint density at radius 1 is 1.14 bits per heavy atom. The van der Waals surface area contributed by atoms with Crippen LogP contribution >= 0.6 is 0 Å². The SMILES string of the molecule is CCOC(=O)c1ccc(N(CC)c2ccc(C)cc2)nc1. The van der Waals surface area contributed by atoms with Crippen molar-refractivity contribution in [3.05, 3.63) is 53.7 Å². The fourth-order valence-electron chi connectivity index (χ4n) is 2.08. The molecule has 0 saturated heterocycles. The summed E-state index contributed by atoms with van der Waals surface area (Å²) in [5, 5.41) is 0. The van der Waals surface area contributed by atoms with E-state index in [2.05, 4.69) is 48.0 Å². The van der Waals surface area contributed by atoms with Crippen LogP contribution in [0.2, 0.25) is 0 Å². The molecule has 1 aromatic carbocycles. The van der Waals surface area contributed by atoms with Gasteiger partial charge in [0.25, 0.3) is 0 Å². The summed E-state index contributed by atoms with van der Waals surface area (Å²) < 4.78 is 4.96. The van der Waals surface area contributed by atoms with Gasteiger partial charge in [0.05, 0.1) is 12.2 Å². The first kappa shape index (κ1) is 15.0. The van der Waals surface area contributed by atoms with E-state index in [-0.39, 0.29) is 5.97 Å². The number of nitrogens with zero attached hydrogens (tertiary/aromatic N) is 2. The standard InChI is InChI=1S/C17H20N2O2/c1-4-19(15-9-6-13(3)7-10-15)16-11-8-14(12-18-16)17(20)21-5-2/h6-12H,4-5H2,1-3H3. The fraction of sp³-hybridized carbons (Fsp3) is 0.294. The monoisotopic (exact) mass is 284 g/mol. The topological polar surface area (TPSA) is 42.4 Å². The van der Waals surface area contributed by atoms with Gasteiger partial charge in [-0.05, 0) is 45.0 Å². The Balaban J connectivity index is 2.23. The number of pyridine rings is 1. The molecule has 1 aromatic heterocycles. The van der Waals surface area contributed by atoms with E-state index in [0.717, 1.165) is 18.1 Å². The number of esters is 1. The van der Waals surface area contributed by atoms with Gasteiger partial charge in [0, 0.05) is 18.4 Å². The Morgan fingerprint density at radius 3 is 2.38 bits per heavy atom. The molecule has 0 spiro atoms. The van der Waals surface area contributed by atoms with Gasteiger partial charge in [-0.1, -0.05) is 17.7 Å². The molecule has 0 bridgehead atoms. The summed E-state index contributed by atoms with van der Waals surface area (Å²) in [6.45, 7) is 7.09. The maximum Gasteiger partial charge on any atom is 0.339 e. The number of aryl methyl sites for hydroxylation is 1. The average molecular weight is 284 g/mol. The molecule has 110 valence electrons. The molecule has 0 saturated carbocycles. The molecule has 1 heterocycles. The molecule has 2 aromatic rings. The van der Waals surface area contributed by atoms with E-state index >= 15 is 0 Å². The molecule has 0 aliphatic heterocycles. The van der Waals surface area contributed by atoms with Crippen molar-refractivity contribution in [2.24, 2.45) is 0 Å². The molecule has 0 unspecified atom stereocenters. The van der Waals surface area contributed by atoms with Crippen molar-refractivity contribution in [3.63, 3.8) is 0 Å². The van der Waals surface area contributed by atoms with Gasteiger partial charge in [-0.2, -0.15) is 0 Å². The summed E-state index contributed by atoms with van der Waals surface area (Å²) >= 11 is 0. The van der Waals surface area contributed by atoms with Crippen LogP contribution in [0.5, 0.6) is 0 Å². The third-order valence-electron chi connectivity index (χ3n) is 3.20. The maximum absolute atomic E-state index is 11.6. The second-order valence-corrected chi connectivity index (χ2v) is 4.71. The van der Waals surface area contributed by atoms with Crippen molar-refractivity contribution < 1.29 is 9.53 Å². The number of carbonyl (C=O) groups excluding carboxylic acids is 1. The van der Waals surface area contributed by atoms with E-state index < -0.39 is 0 Å². The zero-order valence-electron chi connectivity index (χ0n) is 12.7. The van der Waals surface area contributed by atoms with Gasteiger partial charge in [0.15, 0.2) is 0 Å². The van der Waals surface area contributed by atoms with Crippen molar-refractivity contribution >= 4 is 17.5 Å². The summed E-state index contributed by atoms with van der Waals surface area (Å²) in [7, 11) is 0. The lowest BCUT2D eigenvalue weighted by Crippen LogP contribution is -2.17. The molecule has 0 fully saturated rings. The second kappa shape index (κ2) is 6.88. The number of aromatic nitrogens is 1. The molecule has 0 aliphatic rings. The highest BCUT2D eigenvalue weighted by molar-refractivity contribution is 5.89. The van der Waals surface area contributed by atoms with Crippen LogP contribution in [0.25, 0.3) is 0 Å². The molecule has 0 radical (unpaired) electrons. The third kappa shape index (κ3) is 3.60. The highest BCUT2D eigenvalue weighted by atomic mass is 16.5. The fourth-order valence-corrected chi connectivity index (χ4v) is 2.08. The van der Waals surface area contributed by atoms with Crippen molar-refractivity contribution in [2.45, 2.75) is 20.8 Å². The number of rotatable bonds is 5. The third-order valence-corrected chi connectivity index (χ3v) is 3.20. The molecule has 21 heavy (non-hydrogen) atoms. The van der Waals surface area contributed by atoms with E-state index in [1.807, 2.05) is 6.07 Å². The number of hydrogen-bond donors (Lipinski definition) is 0. The van der Waals surface area contributed by atoms with Crippen LogP contribution in [-0.2, 0) is 4.74 Å². The van der Waals surface area contributed by atoms with Gasteiger partial charge < -0.3 is 9.64 Å². The Labute approximate surface area is 125 Å². The predicted octanol–water partition coefficient (Wildman–Crippen LogP) is 3.72. The minimum Gasteiger partial charge on any atom is -0.462 e. The molecule has 0 atom stereocenters. The number of anilines is 2. The summed E-state index contributed by atoms with van der Waals surface area (Å²) in [5.41, 5.74) is 2.78. The molecular weight excluding hydrogens is 264 g/mol. The quantitative estimate of drug-likeness (QED) is 0.785. The van der Waals surface area contributed by atoms with Crippen LogP contribution in [0.15, 0.2) is 42.6 Å². The normalized spacial score (nSPS) is 10.2. The lowest BCUT2D eigenvalue weighted by atomic mass is 10.2. The van der Waals surface area contributed by atoms with Gasteiger partial charge in [-0.15, -0.1) is 0 Å². The summed E-state index contributed by atoms with van der Waals surface area (Å²) in [6, 6.07) is 11.9. The smallest absolute Gasteiger partial charge is 0.339 e. The minimum atomic E-state index is -0.338. The van der Waals surface area contributed by atoms with E-state index in [1.165, 1.54) is 5.56 Å². The Kier molecular flexibility index (Phi) is 4.93. The van der Waals surface area contributed by atoms with Gasteiger partial charge in [0.1, 0.15) is 5.82 Å². The zero-order chi connectivity index (χ0) is 15.2.